The molecule has 0 unspecified atom stereocenters. The summed E-state index contributed by atoms with van der Waals surface area (Å²) >= 11 is 0. The van der Waals surface area contributed by atoms with E-state index < -0.39 is 41.7 Å². The standard InChI is InChI=1S/C55H75F3N6O12/c1-40-42(8-5-9-45(40)46-10-6-12-49(41(46)2)75-28-7-15-59-25-29-73-30-26-59)13-14-43-35-50(44(34-47(43)55(56,57)58)36-64-16-4-3-11-48(64)54(71)72)76-33-32-74-31-27-60-17-19-61(37-51(65)66)21-23-63(39-53(69)70)24-22-62(20-18-60)38-52(67)68/h5-6,8-10,12-14,34-35,48H,3-4,7,11,15-33,36-39H2,1-2H3,(H,65,66)(H,67,68)(H,69,70)(H,71,72)/b14-13+/t48-/m0/s1. The molecule has 0 aromatic heterocycles. The van der Waals surface area contributed by atoms with Gasteiger partial charge >= 0.3 is 30.1 Å². The molecule has 0 bridgehead atoms. The van der Waals surface area contributed by atoms with Gasteiger partial charge in [-0.05, 0) is 91.2 Å². The number of carbonyl (C=O) groups is 4. The Kier molecular flexibility index (Phi) is 23.3. The number of carboxylic acid groups (broad SMARTS) is 4. The molecule has 6 rings (SSSR count). The molecular formula is C55H75F3N6O12. The highest BCUT2D eigenvalue weighted by Gasteiger charge is 2.36. The Hall–Kier alpha value is -5.65. The van der Waals surface area contributed by atoms with Gasteiger partial charge in [-0.1, -0.05) is 48.9 Å². The van der Waals surface area contributed by atoms with E-state index in [2.05, 4.69) is 4.90 Å². The number of aliphatic carboxylic acids is 4. The Bertz CT molecular complexity index is 2390. The van der Waals surface area contributed by atoms with Crippen molar-refractivity contribution in [1.29, 1.82) is 0 Å². The summed E-state index contributed by atoms with van der Waals surface area (Å²) in [6.07, 6.45) is 0.951. The highest BCUT2D eigenvalue weighted by molar-refractivity contribution is 5.80. The maximum atomic E-state index is 15.1. The molecule has 3 fully saturated rings. The van der Waals surface area contributed by atoms with Gasteiger partial charge in [0.05, 0.1) is 58.2 Å². The van der Waals surface area contributed by atoms with Gasteiger partial charge in [-0.3, -0.25) is 48.6 Å². The summed E-state index contributed by atoms with van der Waals surface area (Å²) in [5.41, 5.74) is 3.56. The third kappa shape index (κ3) is 18.8. The summed E-state index contributed by atoms with van der Waals surface area (Å²) in [6, 6.07) is 13.2. The lowest BCUT2D eigenvalue weighted by atomic mass is 9.92. The molecule has 3 aromatic carbocycles. The largest absolute Gasteiger partial charge is 0.493 e. The number of morpholine rings is 1. The first-order valence-electron chi connectivity index (χ1n) is 26.2. The quantitative estimate of drug-likeness (QED) is 0.0639. The Morgan fingerprint density at radius 1 is 0.618 bits per heavy atom. The lowest BCUT2D eigenvalue weighted by Crippen LogP contribution is -2.48. The highest BCUT2D eigenvalue weighted by Crippen LogP contribution is 2.39. The number of hydrogen-bond acceptors (Lipinski definition) is 14. The summed E-state index contributed by atoms with van der Waals surface area (Å²) in [6.45, 7) is 11.4. The van der Waals surface area contributed by atoms with Crippen LogP contribution in [0.5, 0.6) is 11.5 Å². The van der Waals surface area contributed by atoms with Crippen LogP contribution < -0.4 is 9.47 Å². The summed E-state index contributed by atoms with van der Waals surface area (Å²) < 4.78 is 69.3. The van der Waals surface area contributed by atoms with Gasteiger partial charge in [0.15, 0.2) is 0 Å². The molecule has 18 nitrogen and oxygen atoms in total. The van der Waals surface area contributed by atoms with E-state index in [9.17, 15) is 39.6 Å². The van der Waals surface area contributed by atoms with E-state index in [0.717, 1.165) is 73.3 Å². The van der Waals surface area contributed by atoms with E-state index >= 15 is 13.2 Å². The van der Waals surface area contributed by atoms with Crippen molar-refractivity contribution < 1.29 is 71.7 Å². The number of piperidine rings is 1. The molecule has 3 heterocycles. The SMILES string of the molecule is Cc1c(/C=C/c2cc(OCCOCCN3CCN(CC(=O)O)CCN(CC(=O)O)CCN(CC(=O)O)CC3)c(CN3CCCC[C@H]3C(=O)O)cc2C(F)(F)F)cccc1-c1cccc(OCCCN2CCOCC2)c1C. The van der Waals surface area contributed by atoms with E-state index in [4.69, 9.17) is 18.9 Å². The topological polar surface area (TPSA) is 206 Å². The van der Waals surface area contributed by atoms with Crippen LogP contribution in [0.2, 0.25) is 0 Å². The molecule has 3 saturated heterocycles. The van der Waals surface area contributed by atoms with E-state index in [1.165, 1.54) is 12.1 Å². The number of ether oxygens (including phenoxy) is 4. The zero-order chi connectivity index (χ0) is 54.6. The fourth-order valence-corrected chi connectivity index (χ4v) is 9.98. The van der Waals surface area contributed by atoms with Crippen LogP contribution in [0.1, 0.15) is 59.1 Å². The van der Waals surface area contributed by atoms with Crippen molar-refractivity contribution in [2.45, 2.75) is 58.3 Å². The van der Waals surface area contributed by atoms with Gasteiger partial charge in [-0.2, -0.15) is 13.2 Å². The molecule has 0 saturated carbocycles. The van der Waals surface area contributed by atoms with Gasteiger partial charge in [-0.25, -0.2) is 0 Å². The van der Waals surface area contributed by atoms with Crippen LogP contribution in [0.3, 0.4) is 0 Å². The average molecular weight is 1070 g/mol. The van der Waals surface area contributed by atoms with Crippen LogP contribution in [-0.2, 0) is 41.4 Å². The van der Waals surface area contributed by atoms with E-state index in [1.807, 2.05) is 55.1 Å². The predicted octanol–water partition coefficient (Wildman–Crippen LogP) is 5.57. The first-order valence-corrected chi connectivity index (χ1v) is 26.2. The summed E-state index contributed by atoms with van der Waals surface area (Å²) in [5, 5.41) is 38.7. The molecule has 0 spiro atoms. The van der Waals surface area contributed by atoms with Crippen LogP contribution >= 0.6 is 0 Å². The van der Waals surface area contributed by atoms with Gasteiger partial charge < -0.3 is 39.4 Å². The van der Waals surface area contributed by atoms with Crippen molar-refractivity contribution in [2.75, 3.05) is 144 Å². The van der Waals surface area contributed by atoms with Crippen LogP contribution in [0.4, 0.5) is 13.2 Å². The number of rotatable bonds is 24. The molecule has 3 aliphatic rings. The molecule has 76 heavy (non-hydrogen) atoms. The van der Waals surface area contributed by atoms with Crippen molar-refractivity contribution in [3.63, 3.8) is 0 Å². The molecular weight excluding hydrogens is 994 g/mol. The van der Waals surface area contributed by atoms with E-state index in [1.54, 1.807) is 25.7 Å². The maximum Gasteiger partial charge on any atom is 0.417 e. The molecule has 0 aliphatic carbocycles. The molecule has 3 aliphatic heterocycles. The minimum absolute atomic E-state index is 0.0444. The van der Waals surface area contributed by atoms with Crippen molar-refractivity contribution in [3.05, 3.63) is 81.9 Å². The number of alkyl halides is 3. The molecule has 3 aromatic rings. The van der Waals surface area contributed by atoms with Gasteiger partial charge in [-0.15, -0.1) is 0 Å². The number of likely N-dealkylation sites (tertiary alicyclic amines) is 1. The van der Waals surface area contributed by atoms with Crippen LogP contribution in [0.25, 0.3) is 23.3 Å². The van der Waals surface area contributed by atoms with Crippen molar-refractivity contribution >= 4 is 36.0 Å². The summed E-state index contributed by atoms with van der Waals surface area (Å²) in [7, 11) is 0. The first kappa shape index (κ1) is 59.6. The fourth-order valence-electron chi connectivity index (χ4n) is 9.98. The smallest absolute Gasteiger partial charge is 0.417 e. The molecule has 418 valence electrons. The molecule has 0 amide bonds. The Morgan fingerprint density at radius 3 is 1.76 bits per heavy atom. The Labute approximate surface area is 443 Å². The minimum atomic E-state index is -4.76. The minimum Gasteiger partial charge on any atom is -0.493 e. The van der Waals surface area contributed by atoms with Gasteiger partial charge in [0.2, 0.25) is 0 Å². The summed E-state index contributed by atoms with van der Waals surface area (Å²) in [4.78, 5) is 58.5. The van der Waals surface area contributed by atoms with Crippen LogP contribution in [0.15, 0.2) is 48.5 Å². The number of carboxylic acids is 4. The van der Waals surface area contributed by atoms with Gasteiger partial charge in [0, 0.05) is 90.6 Å². The van der Waals surface area contributed by atoms with Crippen LogP contribution in [-0.4, -0.2) is 224 Å². The number of halogens is 3. The second-order valence-corrected chi connectivity index (χ2v) is 19.6. The summed E-state index contributed by atoms with van der Waals surface area (Å²) in [5.74, 6) is -3.20. The van der Waals surface area contributed by atoms with E-state index in [-0.39, 0.29) is 89.1 Å². The Balaban J connectivity index is 1.17. The Morgan fingerprint density at radius 2 is 1.17 bits per heavy atom. The van der Waals surface area contributed by atoms with Crippen molar-refractivity contribution in [2.24, 2.45) is 0 Å². The average Bonchev–Trinajstić information content (AvgIpc) is 3.37. The number of benzene rings is 3. The molecule has 0 radical (unpaired) electrons. The van der Waals surface area contributed by atoms with Crippen molar-refractivity contribution in [3.8, 4) is 22.6 Å². The number of nitrogens with zero attached hydrogens (tertiary/aromatic N) is 6. The lowest BCUT2D eigenvalue weighted by molar-refractivity contribution is -0.145. The highest BCUT2D eigenvalue weighted by atomic mass is 19.4. The third-order valence-corrected chi connectivity index (χ3v) is 14.2. The molecule has 21 heteroatoms. The third-order valence-electron chi connectivity index (χ3n) is 14.2. The lowest BCUT2D eigenvalue weighted by Gasteiger charge is -2.33. The second kappa shape index (κ2) is 29.8. The van der Waals surface area contributed by atoms with Crippen molar-refractivity contribution in [1.82, 2.24) is 29.4 Å². The monoisotopic (exact) mass is 1070 g/mol. The number of hydrogen-bond donors (Lipinski definition) is 4. The van der Waals surface area contributed by atoms with Gasteiger partial charge in [0.25, 0.3) is 0 Å². The molecule has 4 N–H and O–H groups in total. The van der Waals surface area contributed by atoms with Crippen LogP contribution in [0, 0.1) is 13.8 Å². The van der Waals surface area contributed by atoms with Gasteiger partial charge in [0.1, 0.15) is 24.1 Å². The predicted molar refractivity (Wildman–Crippen MR) is 280 cm³/mol. The first-order chi connectivity index (χ1) is 36.4. The fraction of sp³-hybridized carbons (Fsp3) is 0.564. The zero-order valence-corrected chi connectivity index (χ0v) is 43.8. The normalized spacial score (nSPS) is 18.8. The second-order valence-electron chi connectivity index (χ2n) is 19.6. The van der Waals surface area contributed by atoms with E-state index in [0.29, 0.717) is 70.7 Å². The zero-order valence-electron chi connectivity index (χ0n) is 43.8. The maximum absolute atomic E-state index is 15.1. The molecule has 1 atom stereocenters.